The van der Waals surface area contributed by atoms with Crippen molar-refractivity contribution in [3.8, 4) is 0 Å². The predicted molar refractivity (Wildman–Crippen MR) is 91.0 cm³/mol. The van der Waals surface area contributed by atoms with Crippen molar-refractivity contribution in [1.82, 2.24) is 13.9 Å². The quantitative estimate of drug-likeness (QED) is 0.915. The number of sulfonamides is 1. The first-order valence-electron chi connectivity index (χ1n) is 8.02. The summed E-state index contributed by atoms with van der Waals surface area (Å²) >= 11 is 0. The number of nitrogens with zero attached hydrogens (tertiary/aromatic N) is 3. The maximum atomic E-state index is 12.9. The maximum absolute atomic E-state index is 12.9. The van der Waals surface area contributed by atoms with Crippen LogP contribution in [0.3, 0.4) is 0 Å². The van der Waals surface area contributed by atoms with Gasteiger partial charge in [-0.1, -0.05) is 12.1 Å². The molecule has 1 aromatic carbocycles. The molecule has 1 aromatic heterocycles. The lowest BCUT2D eigenvalue weighted by Crippen LogP contribution is -2.46. The Morgan fingerprint density at radius 2 is 1.88 bits per heavy atom. The molecule has 0 radical (unpaired) electrons. The summed E-state index contributed by atoms with van der Waals surface area (Å²) in [6, 6.07) is 5.45. The van der Waals surface area contributed by atoms with Crippen molar-refractivity contribution >= 4 is 10.0 Å². The Balaban J connectivity index is 1.84. The Morgan fingerprint density at radius 1 is 1.21 bits per heavy atom. The van der Waals surface area contributed by atoms with Crippen LogP contribution in [0.15, 0.2) is 35.5 Å². The Hall–Kier alpha value is -1.70. The van der Waals surface area contributed by atoms with Gasteiger partial charge in [0.1, 0.15) is 11.4 Å². The van der Waals surface area contributed by atoms with Crippen molar-refractivity contribution in [3.05, 3.63) is 47.5 Å². The number of rotatable bonds is 3. The summed E-state index contributed by atoms with van der Waals surface area (Å²) in [7, 11) is -1.72. The third-order valence-corrected chi connectivity index (χ3v) is 6.79. The van der Waals surface area contributed by atoms with E-state index in [1.807, 2.05) is 26.1 Å². The average Bonchev–Trinajstić information content (AvgIpc) is 2.97. The molecular formula is C17H23N3O3S. The van der Waals surface area contributed by atoms with E-state index in [0.29, 0.717) is 23.6 Å². The SMILES string of the molecule is Cc1ccc(C)c(S(=O)(=O)N2CCC(O)(c3nccn3C)CC2)c1. The largest absolute Gasteiger partial charge is 0.382 e. The second-order valence-electron chi connectivity index (χ2n) is 6.57. The molecule has 1 aliphatic rings. The van der Waals surface area contributed by atoms with E-state index in [4.69, 9.17) is 0 Å². The van der Waals surface area contributed by atoms with E-state index < -0.39 is 15.6 Å². The first-order valence-corrected chi connectivity index (χ1v) is 9.46. The molecule has 0 saturated carbocycles. The van der Waals surface area contributed by atoms with E-state index in [-0.39, 0.29) is 13.1 Å². The van der Waals surface area contributed by atoms with Crippen molar-refractivity contribution in [2.45, 2.75) is 37.2 Å². The number of aryl methyl sites for hydroxylation is 3. The highest BCUT2D eigenvalue weighted by Gasteiger charge is 2.40. The highest BCUT2D eigenvalue weighted by atomic mass is 32.2. The van der Waals surface area contributed by atoms with E-state index in [2.05, 4.69) is 4.98 Å². The summed E-state index contributed by atoms with van der Waals surface area (Å²) in [6.07, 6.45) is 4.10. The number of hydrogen-bond acceptors (Lipinski definition) is 4. The zero-order valence-electron chi connectivity index (χ0n) is 14.2. The van der Waals surface area contributed by atoms with Crippen LogP contribution in [0.4, 0.5) is 0 Å². The fourth-order valence-electron chi connectivity index (χ4n) is 3.26. The van der Waals surface area contributed by atoms with Crippen LogP contribution in [0.2, 0.25) is 0 Å². The van der Waals surface area contributed by atoms with E-state index in [1.165, 1.54) is 4.31 Å². The first-order chi connectivity index (χ1) is 11.2. The highest BCUT2D eigenvalue weighted by molar-refractivity contribution is 7.89. The summed E-state index contributed by atoms with van der Waals surface area (Å²) in [5.74, 6) is 0.589. The predicted octanol–water partition coefficient (Wildman–Crippen LogP) is 1.71. The molecule has 0 spiro atoms. The summed E-state index contributed by atoms with van der Waals surface area (Å²) in [6.45, 7) is 4.24. The van der Waals surface area contributed by atoms with Crippen molar-refractivity contribution in [3.63, 3.8) is 0 Å². The molecule has 1 N–H and O–H groups in total. The summed E-state index contributed by atoms with van der Waals surface area (Å²) in [4.78, 5) is 4.58. The number of piperidine rings is 1. The second-order valence-corrected chi connectivity index (χ2v) is 8.47. The Kier molecular flexibility index (Phi) is 4.27. The molecule has 1 aliphatic heterocycles. The standard InChI is InChI=1S/C17H23N3O3S/c1-13-4-5-14(2)15(12-13)24(22,23)20-9-6-17(21,7-10-20)16-18-8-11-19(16)3/h4-5,8,11-12,21H,6-7,9-10H2,1-3H3. The molecule has 0 bridgehead atoms. The molecule has 3 rings (SSSR count). The number of aliphatic hydroxyl groups is 1. The molecule has 7 heteroatoms. The van der Waals surface area contributed by atoms with Crippen molar-refractivity contribution in [2.75, 3.05) is 13.1 Å². The third kappa shape index (κ3) is 2.87. The Morgan fingerprint density at radius 3 is 2.46 bits per heavy atom. The number of aromatic nitrogens is 2. The minimum Gasteiger partial charge on any atom is -0.382 e. The molecule has 2 heterocycles. The van der Waals surface area contributed by atoms with Gasteiger partial charge in [-0.15, -0.1) is 0 Å². The van der Waals surface area contributed by atoms with Crippen LogP contribution in [0.5, 0.6) is 0 Å². The molecule has 1 fully saturated rings. The molecular weight excluding hydrogens is 326 g/mol. The van der Waals surface area contributed by atoms with Gasteiger partial charge in [-0.2, -0.15) is 4.31 Å². The highest BCUT2D eigenvalue weighted by Crippen LogP contribution is 2.34. The number of benzene rings is 1. The number of hydrogen-bond donors (Lipinski definition) is 1. The maximum Gasteiger partial charge on any atom is 0.243 e. The van der Waals surface area contributed by atoms with Gasteiger partial charge in [-0.05, 0) is 43.9 Å². The van der Waals surface area contributed by atoms with E-state index in [1.54, 1.807) is 30.0 Å². The lowest BCUT2D eigenvalue weighted by molar-refractivity contribution is -0.0196. The van der Waals surface area contributed by atoms with Crippen molar-refractivity contribution in [1.29, 1.82) is 0 Å². The molecule has 0 unspecified atom stereocenters. The lowest BCUT2D eigenvalue weighted by Gasteiger charge is -2.37. The van der Waals surface area contributed by atoms with Crippen LogP contribution in [-0.2, 0) is 22.7 Å². The van der Waals surface area contributed by atoms with Gasteiger partial charge in [0.05, 0.1) is 4.90 Å². The van der Waals surface area contributed by atoms with Crippen LogP contribution in [0.1, 0.15) is 29.8 Å². The van der Waals surface area contributed by atoms with Crippen LogP contribution in [0, 0.1) is 13.8 Å². The molecule has 6 nitrogen and oxygen atoms in total. The van der Waals surface area contributed by atoms with Gasteiger partial charge in [0, 0.05) is 32.5 Å². The normalized spacial score (nSPS) is 18.7. The van der Waals surface area contributed by atoms with Crippen LogP contribution in [0.25, 0.3) is 0 Å². The fourth-order valence-corrected chi connectivity index (χ4v) is 5.01. The molecule has 24 heavy (non-hydrogen) atoms. The topological polar surface area (TPSA) is 75.4 Å². The Labute approximate surface area is 142 Å². The molecule has 0 aliphatic carbocycles. The second kappa shape index (κ2) is 5.98. The van der Waals surface area contributed by atoms with Gasteiger partial charge in [-0.3, -0.25) is 0 Å². The average molecular weight is 349 g/mol. The van der Waals surface area contributed by atoms with Gasteiger partial charge in [0.25, 0.3) is 0 Å². The van der Waals surface area contributed by atoms with Crippen molar-refractivity contribution < 1.29 is 13.5 Å². The van der Waals surface area contributed by atoms with Gasteiger partial charge in [0.2, 0.25) is 10.0 Å². The summed E-state index contributed by atoms with van der Waals surface area (Å²) in [5, 5.41) is 10.9. The van der Waals surface area contributed by atoms with Gasteiger partial charge in [0.15, 0.2) is 0 Å². The van der Waals surface area contributed by atoms with E-state index in [9.17, 15) is 13.5 Å². The molecule has 130 valence electrons. The van der Waals surface area contributed by atoms with Crippen LogP contribution < -0.4 is 0 Å². The molecule has 0 amide bonds. The minimum atomic E-state index is -3.55. The van der Waals surface area contributed by atoms with Gasteiger partial charge < -0.3 is 9.67 Å². The van der Waals surface area contributed by atoms with E-state index in [0.717, 1.165) is 11.1 Å². The first kappa shape index (κ1) is 17.1. The summed E-state index contributed by atoms with van der Waals surface area (Å²) < 4.78 is 29.1. The van der Waals surface area contributed by atoms with Crippen molar-refractivity contribution in [2.24, 2.45) is 7.05 Å². The molecule has 0 atom stereocenters. The lowest BCUT2D eigenvalue weighted by atomic mass is 9.91. The molecule has 1 saturated heterocycles. The summed E-state index contributed by atoms with van der Waals surface area (Å²) in [5.41, 5.74) is 0.581. The third-order valence-electron chi connectivity index (χ3n) is 4.75. The zero-order valence-corrected chi connectivity index (χ0v) is 15.0. The van der Waals surface area contributed by atoms with Gasteiger partial charge >= 0.3 is 0 Å². The fraction of sp³-hybridized carbons (Fsp3) is 0.471. The Bertz CT molecular complexity index is 850. The van der Waals surface area contributed by atoms with Crippen LogP contribution >= 0.6 is 0 Å². The number of imidazole rings is 1. The van der Waals surface area contributed by atoms with E-state index >= 15 is 0 Å². The monoisotopic (exact) mass is 349 g/mol. The molecule has 2 aromatic rings. The van der Waals surface area contributed by atoms with Crippen LogP contribution in [-0.4, -0.2) is 40.5 Å². The van der Waals surface area contributed by atoms with Gasteiger partial charge in [-0.25, -0.2) is 13.4 Å². The minimum absolute atomic E-state index is 0.277. The zero-order chi connectivity index (χ0) is 17.5. The smallest absolute Gasteiger partial charge is 0.243 e.